The highest BCUT2D eigenvalue weighted by atomic mass is 15.2. The van der Waals surface area contributed by atoms with Gasteiger partial charge in [-0.25, -0.2) is 4.98 Å². The van der Waals surface area contributed by atoms with E-state index in [1.54, 1.807) is 0 Å². The van der Waals surface area contributed by atoms with E-state index in [0.717, 1.165) is 30.3 Å². The second kappa shape index (κ2) is 7.22. The first-order valence-corrected chi connectivity index (χ1v) is 7.52. The van der Waals surface area contributed by atoms with Crippen LogP contribution >= 0.6 is 0 Å². The van der Waals surface area contributed by atoms with Crippen LogP contribution in [0, 0.1) is 20.8 Å². The second-order valence-electron chi connectivity index (χ2n) is 5.89. The predicted octanol–water partition coefficient (Wildman–Crippen LogP) is 3.12. The van der Waals surface area contributed by atoms with Crippen LogP contribution in [0.5, 0.6) is 0 Å². The normalized spacial score (nSPS) is 10.8. The predicted molar refractivity (Wildman–Crippen MR) is 93.0 cm³/mol. The first-order chi connectivity index (χ1) is 10.4. The lowest BCUT2D eigenvalue weighted by atomic mass is 10.1. The fraction of sp³-hybridized carbons (Fsp3) is 0.412. The molecule has 0 aliphatic heterocycles. The molecule has 0 radical (unpaired) electrons. The highest BCUT2D eigenvalue weighted by Crippen LogP contribution is 2.21. The minimum absolute atomic E-state index is 0.662. The van der Waals surface area contributed by atoms with Gasteiger partial charge in [0.2, 0.25) is 5.95 Å². The lowest BCUT2D eigenvalue weighted by molar-refractivity contribution is 0.425. The summed E-state index contributed by atoms with van der Waals surface area (Å²) >= 11 is 0. The molecule has 0 saturated heterocycles. The van der Waals surface area contributed by atoms with Crippen molar-refractivity contribution in [2.75, 3.05) is 37.8 Å². The number of nitrogens with zero attached hydrogens (tertiary/aromatic N) is 3. The van der Waals surface area contributed by atoms with E-state index in [9.17, 15) is 0 Å². The van der Waals surface area contributed by atoms with Crippen LogP contribution in [0.15, 0.2) is 24.3 Å². The molecule has 0 bridgehead atoms. The molecule has 0 fully saturated rings. The molecule has 22 heavy (non-hydrogen) atoms. The summed E-state index contributed by atoms with van der Waals surface area (Å²) in [5.74, 6) is 1.48. The number of likely N-dealkylation sites (N-methyl/N-ethyl adjacent to an activating group) is 1. The summed E-state index contributed by atoms with van der Waals surface area (Å²) in [4.78, 5) is 11.1. The third-order valence-corrected chi connectivity index (χ3v) is 3.35. The van der Waals surface area contributed by atoms with Gasteiger partial charge in [-0.3, -0.25) is 0 Å². The van der Waals surface area contributed by atoms with Crippen LogP contribution < -0.4 is 10.6 Å². The molecule has 2 rings (SSSR count). The van der Waals surface area contributed by atoms with Crippen molar-refractivity contribution in [2.24, 2.45) is 0 Å². The fourth-order valence-electron chi connectivity index (χ4n) is 2.11. The highest BCUT2D eigenvalue weighted by Gasteiger charge is 2.05. The zero-order chi connectivity index (χ0) is 16.1. The van der Waals surface area contributed by atoms with E-state index in [1.807, 2.05) is 27.1 Å². The summed E-state index contributed by atoms with van der Waals surface area (Å²) in [5.41, 5.74) is 4.44. The Bertz CT molecular complexity index is 637. The molecule has 0 spiro atoms. The van der Waals surface area contributed by atoms with E-state index in [0.29, 0.717) is 5.95 Å². The Hall–Kier alpha value is -2.14. The van der Waals surface area contributed by atoms with Crippen molar-refractivity contribution in [3.05, 3.63) is 41.1 Å². The lowest BCUT2D eigenvalue weighted by Gasteiger charge is -2.13. The smallest absolute Gasteiger partial charge is 0.224 e. The maximum Gasteiger partial charge on any atom is 0.224 e. The van der Waals surface area contributed by atoms with Gasteiger partial charge >= 0.3 is 0 Å². The Morgan fingerprint density at radius 3 is 2.55 bits per heavy atom. The molecule has 0 saturated carbocycles. The summed E-state index contributed by atoms with van der Waals surface area (Å²) in [6.45, 7) is 7.92. The molecule has 0 aliphatic carbocycles. The van der Waals surface area contributed by atoms with Gasteiger partial charge in [-0.2, -0.15) is 4.98 Å². The monoisotopic (exact) mass is 299 g/mol. The van der Waals surface area contributed by atoms with E-state index < -0.39 is 0 Å². The SMILES string of the molecule is Cc1ccc(C)c(Nc2cc(C)nc(NCCN(C)C)n2)c1. The molecule has 0 unspecified atom stereocenters. The largest absolute Gasteiger partial charge is 0.353 e. The number of benzene rings is 1. The molecule has 2 N–H and O–H groups in total. The second-order valence-corrected chi connectivity index (χ2v) is 5.89. The minimum atomic E-state index is 0.662. The Morgan fingerprint density at radius 2 is 1.82 bits per heavy atom. The molecular formula is C17H25N5. The van der Waals surface area contributed by atoms with E-state index in [2.05, 4.69) is 57.5 Å². The van der Waals surface area contributed by atoms with Crippen LogP contribution in [0.2, 0.25) is 0 Å². The molecule has 2 aromatic rings. The number of aromatic nitrogens is 2. The van der Waals surface area contributed by atoms with Crippen molar-refractivity contribution in [2.45, 2.75) is 20.8 Å². The molecule has 1 aromatic heterocycles. The highest BCUT2D eigenvalue weighted by molar-refractivity contribution is 5.62. The van der Waals surface area contributed by atoms with Crippen LogP contribution in [-0.4, -0.2) is 42.1 Å². The third kappa shape index (κ3) is 4.70. The lowest BCUT2D eigenvalue weighted by Crippen LogP contribution is -2.21. The molecule has 5 heteroatoms. The third-order valence-electron chi connectivity index (χ3n) is 3.35. The van der Waals surface area contributed by atoms with Gasteiger partial charge in [-0.15, -0.1) is 0 Å². The number of hydrogen-bond acceptors (Lipinski definition) is 5. The van der Waals surface area contributed by atoms with Crippen molar-refractivity contribution < 1.29 is 0 Å². The molecular weight excluding hydrogens is 274 g/mol. The maximum atomic E-state index is 4.54. The van der Waals surface area contributed by atoms with Gasteiger partial charge < -0.3 is 15.5 Å². The number of rotatable bonds is 6. The average molecular weight is 299 g/mol. The van der Waals surface area contributed by atoms with Gasteiger partial charge in [0.25, 0.3) is 0 Å². The minimum Gasteiger partial charge on any atom is -0.353 e. The van der Waals surface area contributed by atoms with Gasteiger partial charge in [0.05, 0.1) is 0 Å². The van der Waals surface area contributed by atoms with Gasteiger partial charge in [0.1, 0.15) is 5.82 Å². The van der Waals surface area contributed by atoms with Crippen molar-refractivity contribution in [3.8, 4) is 0 Å². The van der Waals surface area contributed by atoms with Crippen molar-refractivity contribution in [3.63, 3.8) is 0 Å². The Balaban J connectivity index is 2.13. The van der Waals surface area contributed by atoms with Gasteiger partial charge in [-0.05, 0) is 52.1 Å². The Morgan fingerprint density at radius 1 is 1.05 bits per heavy atom. The molecule has 0 aliphatic rings. The van der Waals surface area contributed by atoms with Crippen LogP contribution in [-0.2, 0) is 0 Å². The van der Waals surface area contributed by atoms with Crippen LogP contribution in [0.3, 0.4) is 0 Å². The maximum absolute atomic E-state index is 4.54. The quantitative estimate of drug-likeness (QED) is 0.858. The van der Waals surface area contributed by atoms with Crippen LogP contribution in [0.4, 0.5) is 17.5 Å². The molecule has 0 atom stereocenters. The standard InChI is InChI=1S/C17H25N5/c1-12-6-7-13(2)15(10-12)20-16-11-14(3)19-17(21-16)18-8-9-22(4)5/h6-7,10-11H,8-9H2,1-5H3,(H2,18,19,20,21). The summed E-state index contributed by atoms with van der Waals surface area (Å²) < 4.78 is 0. The van der Waals surface area contributed by atoms with E-state index in [1.165, 1.54) is 11.1 Å². The zero-order valence-corrected chi connectivity index (χ0v) is 14.1. The summed E-state index contributed by atoms with van der Waals surface area (Å²) in [7, 11) is 4.10. The van der Waals surface area contributed by atoms with Crippen LogP contribution in [0.25, 0.3) is 0 Å². The topological polar surface area (TPSA) is 53.1 Å². The first-order valence-electron chi connectivity index (χ1n) is 7.52. The van der Waals surface area contributed by atoms with Gasteiger partial charge in [0.15, 0.2) is 0 Å². The summed E-state index contributed by atoms with van der Waals surface area (Å²) in [5, 5.41) is 6.66. The molecule has 5 nitrogen and oxygen atoms in total. The first kappa shape index (κ1) is 16.2. The molecule has 1 heterocycles. The van der Waals surface area contributed by atoms with Gasteiger partial charge in [0, 0.05) is 30.5 Å². The Labute approximate surface area is 132 Å². The van der Waals surface area contributed by atoms with Crippen LogP contribution in [0.1, 0.15) is 16.8 Å². The molecule has 0 amide bonds. The number of hydrogen-bond donors (Lipinski definition) is 2. The average Bonchev–Trinajstić information content (AvgIpc) is 2.42. The van der Waals surface area contributed by atoms with Crippen molar-refractivity contribution in [1.29, 1.82) is 0 Å². The number of aryl methyl sites for hydroxylation is 3. The van der Waals surface area contributed by atoms with E-state index in [4.69, 9.17) is 0 Å². The van der Waals surface area contributed by atoms with E-state index >= 15 is 0 Å². The molecule has 1 aromatic carbocycles. The summed E-state index contributed by atoms with van der Waals surface area (Å²) in [6, 6.07) is 8.31. The van der Waals surface area contributed by atoms with Crippen molar-refractivity contribution >= 4 is 17.5 Å². The van der Waals surface area contributed by atoms with Gasteiger partial charge in [-0.1, -0.05) is 12.1 Å². The fourth-order valence-corrected chi connectivity index (χ4v) is 2.11. The zero-order valence-electron chi connectivity index (χ0n) is 14.1. The Kier molecular flexibility index (Phi) is 5.33. The summed E-state index contributed by atoms with van der Waals surface area (Å²) in [6.07, 6.45) is 0. The number of nitrogens with one attached hydrogen (secondary N) is 2. The van der Waals surface area contributed by atoms with E-state index in [-0.39, 0.29) is 0 Å². The molecule has 118 valence electrons. The van der Waals surface area contributed by atoms with Crippen molar-refractivity contribution in [1.82, 2.24) is 14.9 Å². The number of anilines is 3.